The summed E-state index contributed by atoms with van der Waals surface area (Å²) < 4.78 is 0. The van der Waals surface area contributed by atoms with Gasteiger partial charge >= 0.3 is 0 Å². The van der Waals surface area contributed by atoms with Crippen LogP contribution in [-0.4, -0.2) is 4.99 Å². The Bertz CT molecular complexity index is 558. The zero-order valence-corrected chi connectivity index (χ0v) is 12.0. The van der Waals surface area contributed by atoms with E-state index in [1.165, 1.54) is 11.1 Å². The Hall–Kier alpha value is -1.87. The lowest BCUT2D eigenvalue weighted by molar-refractivity contribution is 0.884. The molecule has 0 saturated carbocycles. The molecule has 1 unspecified atom stereocenters. The molecule has 2 aromatic carbocycles. The van der Waals surface area contributed by atoms with Crippen molar-refractivity contribution in [1.82, 2.24) is 0 Å². The van der Waals surface area contributed by atoms with Crippen LogP contribution in [0.3, 0.4) is 0 Å². The molecule has 0 saturated heterocycles. The molecule has 0 fully saturated rings. The maximum atomic E-state index is 5.58. The van der Waals surface area contributed by atoms with Crippen molar-refractivity contribution in [3.63, 3.8) is 0 Å². The fraction of sp³-hybridized carbons (Fsp3) is 0.188. The van der Waals surface area contributed by atoms with E-state index in [-0.39, 0.29) is 6.04 Å². The molecule has 2 rings (SSSR count). The normalized spacial score (nSPS) is 11.9. The molecular formula is C16H18N2S. The molecule has 0 heterocycles. The summed E-state index contributed by atoms with van der Waals surface area (Å²) in [4.78, 5) is 0.429. The number of nitrogens with two attached hydrogens (primary N) is 1. The van der Waals surface area contributed by atoms with E-state index in [1.54, 1.807) is 0 Å². The zero-order valence-electron chi connectivity index (χ0n) is 11.2. The van der Waals surface area contributed by atoms with Gasteiger partial charge in [0.1, 0.15) is 4.99 Å². The van der Waals surface area contributed by atoms with E-state index in [1.807, 2.05) is 24.3 Å². The van der Waals surface area contributed by atoms with E-state index in [2.05, 4.69) is 43.4 Å². The van der Waals surface area contributed by atoms with Crippen LogP contribution < -0.4 is 11.1 Å². The third kappa shape index (κ3) is 3.55. The van der Waals surface area contributed by atoms with Gasteiger partial charge in [0.15, 0.2) is 0 Å². The first-order valence-electron chi connectivity index (χ1n) is 6.29. The Kier molecular flexibility index (Phi) is 4.17. The van der Waals surface area contributed by atoms with Gasteiger partial charge in [-0.1, -0.05) is 42.0 Å². The summed E-state index contributed by atoms with van der Waals surface area (Å²) in [6.45, 7) is 4.24. The van der Waals surface area contributed by atoms with Gasteiger partial charge in [-0.2, -0.15) is 0 Å². The second-order valence-corrected chi connectivity index (χ2v) is 5.16. The molecule has 0 spiro atoms. The molecule has 98 valence electrons. The fourth-order valence-corrected chi connectivity index (χ4v) is 2.06. The molecule has 1 atom stereocenters. The third-order valence-electron chi connectivity index (χ3n) is 3.13. The quantitative estimate of drug-likeness (QED) is 0.830. The van der Waals surface area contributed by atoms with E-state index < -0.39 is 0 Å². The minimum absolute atomic E-state index is 0.260. The SMILES string of the molecule is Cc1ccc(C(C)Nc2ccc(C(N)=S)cc2)cc1. The standard InChI is InChI=1S/C16H18N2S/c1-11-3-5-13(6-4-11)12(2)18-15-9-7-14(8-10-15)16(17)19/h3-10,12,18H,1-2H3,(H2,17,19). The average Bonchev–Trinajstić information content (AvgIpc) is 2.40. The maximum absolute atomic E-state index is 5.58. The van der Waals surface area contributed by atoms with Crippen molar-refractivity contribution in [2.24, 2.45) is 5.73 Å². The zero-order chi connectivity index (χ0) is 13.8. The van der Waals surface area contributed by atoms with Gasteiger partial charge in [-0.25, -0.2) is 0 Å². The van der Waals surface area contributed by atoms with E-state index in [4.69, 9.17) is 18.0 Å². The lowest BCUT2D eigenvalue weighted by atomic mass is 10.1. The second-order valence-electron chi connectivity index (χ2n) is 4.72. The van der Waals surface area contributed by atoms with Gasteiger partial charge in [0, 0.05) is 17.3 Å². The van der Waals surface area contributed by atoms with Crippen molar-refractivity contribution in [2.45, 2.75) is 19.9 Å². The Labute approximate surface area is 119 Å². The first-order chi connectivity index (χ1) is 9.06. The molecule has 0 aliphatic carbocycles. The molecule has 0 aliphatic heterocycles. The predicted molar refractivity (Wildman–Crippen MR) is 85.5 cm³/mol. The largest absolute Gasteiger partial charge is 0.389 e. The van der Waals surface area contributed by atoms with Crippen molar-refractivity contribution in [3.8, 4) is 0 Å². The van der Waals surface area contributed by atoms with Crippen LogP contribution in [0.4, 0.5) is 5.69 Å². The van der Waals surface area contributed by atoms with Crippen LogP contribution in [0.25, 0.3) is 0 Å². The highest BCUT2D eigenvalue weighted by molar-refractivity contribution is 7.80. The molecule has 0 bridgehead atoms. The van der Waals surface area contributed by atoms with Gasteiger partial charge in [-0.05, 0) is 43.7 Å². The van der Waals surface area contributed by atoms with Gasteiger partial charge in [-0.15, -0.1) is 0 Å². The molecule has 3 N–H and O–H groups in total. The molecule has 0 aliphatic rings. The molecule has 0 aromatic heterocycles. The molecule has 0 radical (unpaired) electrons. The van der Waals surface area contributed by atoms with Crippen LogP contribution in [0.1, 0.15) is 29.7 Å². The fourth-order valence-electron chi connectivity index (χ4n) is 1.92. The smallest absolute Gasteiger partial charge is 0.103 e. The first kappa shape index (κ1) is 13.6. The second kappa shape index (κ2) is 5.85. The van der Waals surface area contributed by atoms with Gasteiger partial charge in [0.05, 0.1) is 0 Å². The highest BCUT2D eigenvalue weighted by atomic mass is 32.1. The highest BCUT2D eigenvalue weighted by Crippen LogP contribution is 2.20. The Morgan fingerprint density at radius 2 is 1.63 bits per heavy atom. The van der Waals surface area contributed by atoms with Gasteiger partial charge in [0.2, 0.25) is 0 Å². The topological polar surface area (TPSA) is 38.0 Å². The van der Waals surface area contributed by atoms with Gasteiger partial charge in [-0.3, -0.25) is 0 Å². The lowest BCUT2D eigenvalue weighted by Gasteiger charge is -2.16. The summed E-state index contributed by atoms with van der Waals surface area (Å²) in [5.41, 5.74) is 10.1. The number of benzene rings is 2. The van der Waals surface area contributed by atoms with Crippen molar-refractivity contribution in [3.05, 3.63) is 65.2 Å². The summed E-state index contributed by atoms with van der Waals surface area (Å²) in [5.74, 6) is 0. The molecule has 3 heteroatoms. The number of aryl methyl sites for hydroxylation is 1. The Balaban J connectivity index is 2.08. The molecule has 19 heavy (non-hydrogen) atoms. The third-order valence-corrected chi connectivity index (χ3v) is 3.37. The summed E-state index contributed by atoms with van der Waals surface area (Å²) in [7, 11) is 0. The summed E-state index contributed by atoms with van der Waals surface area (Å²) in [6.07, 6.45) is 0. The highest BCUT2D eigenvalue weighted by Gasteiger charge is 2.05. The lowest BCUT2D eigenvalue weighted by Crippen LogP contribution is -2.10. The Morgan fingerprint density at radius 1 is 1.05 bits per heavy atom. The number of rotatable bonds is 4. The summed E-state index contributed by atoms with van der Waals surface area (Å²) >= 11 is 4.94. The van der Waals surface area contributed by atoms with E-state index in [9.17, 15) is 0 Å². The van der Waals surface area contributed by atoms with Crippen LogP contribution in [0.2, 0.25) is 0 Å². The van der Waals surface area contributed by atoms with E-state index >= 15 is 0 Å². The molecular weight excluding hydrogens is 252 g/mol. The minimum Gasteiger partial charge on any atom is -0.389 e. The van der Waals surface area contributed by atoms with Crippen LogP contribution in [0, 0.1) is 6.92 Å². The average molecular weight is 270 g/mol. The number of anilines is 1. The monoisotopic (exact) mass is 270 g/mol. The van der Waals surface area contributed by atoms with Crippen molar-refractivity contribution >= 4 is 22.9 Å². The molecule has 2 nitrogen and oxygen atoms in total. The van der Waals surface area contributed by atoms with Crippen LogP contribution in [0.15, 0.2) is 48.5 Å². The Morgan fingerprint density at radius 3 is 2.16 bits per heavy atom. The van der Waals surface area contributed by atoms with Gasteiger partial charge < -0.3 is 11.1 Å². The van der Waals surface area contributed by atoms with E-state index in [0.29, 0.717) is 4.99 Å². The molecule has 0 amide bonds. The van der Waals surface area contributed by atoms with Crippen molar-refractivity contribution < 1.29 is 0 Å². The summed E-state index contributed by atoms with van der Waals surface area (Å²) in [5, 5.41) is 3.46. The number of hydrogen-bond acceptors (Lipinski definition) is 2. The summed E-state index contributed by atoms with van der Waals surface area (Å²) in [6, 6.07) is 16.7. The minimum atomic E-state index is 0.260. The van der Waals surface area contributed by atoms with Crippen molar-refractivity contribution in [2.75, 3.05) is 5.32 Å². The van der Waals surface area contributed by atoms with E-state index in [0.717, 1.165) is 11.3 Å². The van der Waals surface area contributed by atoms with Crippen LogP contribution >= 0.6 is 12.2 Å². The van der Waals surface area contributed by atoms with Crippen molar-refractivity contribution in [1.29, 1.82) is 0 Å². The van der Waals surface area contributed by atoms with Gasteiger partial charge in [0.25, 0.3) is 0 Å². The maximum Gasteiger partial charge on any atom is 0.103 e. The number of hydrogen-bond donors (Lipinski definition) is 2. The number of thiocarbonyl (C=S) groups is 1. The predicted octanol–water partition coefficient (Wildman–Crippen LogP) is 3.80. The first-order valence-corrected chi connectivity index (χ1v) is 6.70. The number of nitrogens with one attached hydrogen (secondary N) is 1. The molecule has 2 aromatic rings. The van der Waals surface area contributed by atoms with Crippen LogP contribution in [0.5, 0.6) is 0 Å². The van der Waals surface area contributed by atoms with Crippen LogP contribution in [-0.2, 0) is 0 Å².